The standard InChI is InChI=1S/C22H29ClN4O3/c1-5-16-17(13-24)19(23)12-20(18(16)14-25)27-9-6-15(7-10-27)29-11-8-26-21(28)30-22(2,3)4/h12,15H,5-11H2,1-4H3,(H,26,28). The van der Waals surface area contributed by atoms with Crippen LogP contribution >= 0.6 is 11.6 Å². The number of nitriles is 2. The van der Waals surface area contributed by atoms with Gasteiger partial charge in [0.2, 0.25) is 0 Å². The Morgan fingerprint density at radius 2 is 1.90 bits per heavy atom. The molecule has 0 bridgehead atoms. The molecule has 0 unspecified atom stereocenters. The maximum absolute atomic E-state index is 11.6. The second-order valence-electron chi connectivity index (χ2n) is 8.17. The predicted molar refractivity (Wildman–Crippen MR) is 116 cm³/mol. The number of piperidine rings is 1. The van der Waals surface area contributed by atoms with Gasteiger partial charge in [-0.25, -0.2) is 4.79 Å². The lowest BCUT2D eigenvalue weighted by Gasteiger charge is -2.34. The van der Waals surface area contributed by atoms with E-state index in [0.717, 1.165) is 31.6 Å². The van der Waals surface area contributed by atoms with Crippen LogP contribution in [0.2, 0.25) is 5.02 Å². The van der Waals surface area contributed by atoms with Crippen LogP contribution in [0.4, 0.5) is 10.5 Å². The van der Waals surface area contributed by atoms with Crippen molar-refractivity contribution in [2.75, 3.05) is 31.1 Å². The maximum atomic E-state index is 11.6. The predicted octanol–water partition coefficient (Wildman–Crippen LogP) is 4.16. The number of hydrogen-bond acceptors (Lipinski definition) is 6. The molecule has 0 saturated carbocycles. The molecular formula is C22H29ClN4O3. The van der Waals surface area contributed by atoms with Gasteiger partial charge in [0.05, 0.1) is 34.5 Å². The van der Waals surface area contributed by atoms with Crippen molar-refractivity contribution < 1.29 is 14.3 Å². The second-order valence-corrected chi connectivity index (χ2v) is 8.58. The molecule has 30 heavy (non-hydrogen) atoms. The van der Waals surface area contributed by atoms with Gasteiger partial charge in [-0.05, 0) is 51.7 Å². The number of ether oxygens (including phenoxy) is 2. The second kappa shape index (κ2) is 10.5. The number of nitrogens with zero attached hydrogens (tertiary/aromatic N) is 3. The Kier molecular flexibility index (Phi) is 8.34. The van der Waals surface area contributed by atoms with E-state index in [0.29, 0.717) is 41.3 Å². The fourth-order valence-electron chi connectivity index (χ4n) is 3.49. The van der Waals surface area contributed by atoms with Crippen molar-refractivity contribution >= 4 is 23.4 Å². The molecule has 2 rings (SSSR count). The Balaban J connectivity index is 1.89. The van der Waals surface area contributed by atoms with Gasteiger partial charge < -0.3 is 19.7 Å². The first-order valence-corrected chi connectivity index (χ1v) is 10.6. The number of alkyl carbamates (subject to hydrolysis) is 1. The van der Waals surface area contributed by atoms with Gasteiger partial charge in [-0.1, -0.05) is 18.5 Å². The van der Waals surface area contributed by atoms with Gasteiger partial charge in [-0.15, -0.1) is 0 Å². The summed E-state index contributed by atoms with van der Waals surface area (Å²) in [5.74, 6) is 0. The van der Waals surface area contributed by atoms with Crippen LogP contribution in [0.3, 0.4) is 0 Å². The summed E-state index contributed by atoms with van der Waals surface area (Å²) in [7, 11) is 0. The molecule has 162 valence electrons. The molecule has 1 aliphatic rings. The van der Waals surface area contributed by atoms with Crippen molar-refractivity contribution in [2.24, 2.45) is 0 Å². The summed E-state index contributed by atoms with van der Waals surface area (Å²) in [5, 5.41) is 22.1. The number of rotatable bonds is 6. The van der Waals surface area contributed by atoms with Gasteiger partial charge in [-0.2, -0.15) is 10.5 Å². The third-order valence-corrected chi connectivity index (χ3v) is 5.14. The van der Waals surface area contributed by atoms with Crippen molar-refractivity contribution in [1.29, 1.82) is 10.5 Å². The first kappa shape index (κ1) is 23.8. The maximum Gasteiger partial charge on any atom is 0.407 e. The molecule has 7 nitrogen and oxygen atoms in total. The number of carbonyl (C=O) groups excluding carboxylic acids is 1. The van der Waals surface area contributed by atoms with E-state index in [2.05, 4.69) is 22.4 Å². The van der Waals surface area contributed by atoms with Crippen LogP contribution in [0.5, 0.6) is 0 Å². The number of nitrogens with one attached hydrogen (secondary N) is 1. The number of carbonyl (C=O) groups is 1. The average Bonchev–Trinajstić information content (AvgIpc) is 2.69. The van der Waals surface area contributed by atoms with E-state index in [-0.39, 0.29) is 6.10 Å². The van der Waals surface area contributed by atoms with Crippen LogP contribution in [0.1, 0.15) is 57.2 Å². The molecule has 1 heterocycles. The molecule has 1 saturated heterocycles. The first-order valence-electron chi connectivity index (χ1n) is 10.2. The summed E-state index contributed by atoms with van der Waals surface area (Å²) in [6.07, 6.45) is 1.82. The van der Waals surface area contributed by atoms with Crippen LogP contribution in [0.15, 0.2) is 6.07 Å². The minimum absolute atomic E-state index is 0.0896. The van der Waals surface area contributed by atoms with Gasteiger partial charge >= 0.3 is 6.09 Å². The molecule has 0 aliphatic carbocycles. The fourth-order valence-corrected chi connectivity index (χ4v) is 3.75. The number of amides is 1. The Labute approximate surface area is 183 Å². The van der Waals surface area contributed by atoms with Crippen LogP contribution in [-0.2, 0) is 15.9 Å². The largest absolute Gasteiger partial charge is 0.444 e. The average molecular weight is 433 g/mol. The van der Waals surface area contributed by atoms with E-state index < -0.39 is 11.7 Å². The minimum Gasteiger partial charge on any atom is -0.444 e. The molecular weight excluding hydrogens is 404 g/mol. The highest BCUT2D eigenvalue weighted by Gasteiger charge is 2.25. The Hall–Kier alpha value is -2.48. The Bertz CT molecular complexity index is 844. The smallest absolute Gasteiger partial charge is 0.407 e. The van der Waals surface area contributed by atoms with Crippen LogP contribution in [-0.4, -0.2) is 44.0 Å². The highest BCUT2D eigenvalue weighted by Crippen LogP contribution is 2.34. The summed E-state index contributed by atoms with van der Waals surface area (Å²) >= 11 is 6.31. The summed E-state index contributed by atoms with van der Waals surface area (Å²) in [6, 6.07) is 6.10. The summed E-state index contributed by atoms with van der Waals surface area (Å²) in [4.78, 5) is 13.8. The monoisotopic (exact) mass is 432 g/mol. The van der Waals surface area contributed by atoms with E-state index in [1.807, 2.05) is 27.7 Å². The van der Waals surface area contributed by atoms with Gasteiger partial charge in [0.1, 0.15) is 17.7 Å². The van der Waals surface area contributed by atoms with E-state index in [4.69, 9.17) is 21.1 Å². The van der Waals surface area contributed by atoms with Crippen LogP contribution in [0, 0.1) is 22.7 Å². The zero-order valence-electron chi connectivity index (χ0n) is 18.0. The molecule has 1 N–H and O–H groups in total. The van der Waals surface area contributed by atoms with Crippen LogP contribution < -0.4 is 10.2 Å². The van der Waals surface area contributed by atoms with E-state index >= 15 is 0 Å². The van der Waals surface area contributed by atoms with Gasteiger partial charge in [0.15, 0.2) is 0 Å². The normalized spacial score (nSPS) is 14.7. The minimum atomic E-state index is -0.522. The number of halogens is 1. The number of benzene rings is 1. The zero-order chi connectivity index (χ0) is 22.3. The Morgan fingerprint density at radius 3 is 2.43 bits per heavy atom. The highest BCUT2D eigenvalue weighted by atomic mass is 35.5. The number of anilines is 1. The summed E-state index contributed by atoms with van der Waals surface area (Å²) in [5.41, 5.74) is 1.87. The van der Waals surface area contributed by atoms with Crippen molar-refractivity contribution in [3.05, 3.63) is 27.8 Å². The SMILES string of the molecule is CCc1c(C#N)c(Cl)cc(N2CCC(OCCNC(=O)OC(C)(C)C)CC2)c1C#N. The zero-order valence-corrected chi connectivity index (χ0v) is 18.8. The fraction of sp³-hybridized carbons (Fsp3) is 0.591. The van der Waals surface area contributed by atoms with Gasteiger partial charge in [0.25, 0.3) is 0 Å². The van der Waals surface area contributed by atoms with Crippen molar-refractivity contribution in [1.82, 2.24) is 5.32 Å². The highest BCUT2D eigenvalue weighted by molar-refractivity contribution is 6.32. The summed E-state index contributed by atoms with van der Waals surface area (Å²) in [6.45, 7) is 9.63. The molecule has 1 amide bonds. The molecule has 1 aliphatic heterocycles. The molecule has 1 fully saturated rings. The van der Waals surface area contributed by atoms with Crippen molar-refractivity contribution in [3.8, 4) is 12.1 Å². The molecule has 0 aromatic heterocycles. The number of hydrogen-bond donors (Lipinski definition) is 1. The molecule has 0 spiro atoms. The molecule has 1 aromatic carbocycles. The van der Waals surface area contributed by atoms with Crippen molar-refractivity contribution in [3.63, 3.8) is 0 Å². The lowest BCUT2D eigenvalue weighted by Crippen LogP contribution is -2.39. The quantitative estimate of drug-likeness (QED) is 0.678. The third kappa shape index (κ3) is 6.26. The van der Waals surface area contributed by atoms with Gasteiger partial charge in [-0.3, -0.25) is 0 Å². The molecule has 1 aromatic rings. The third-order valence-electron chi connectivity index (χ3n) is 4.85. The summed E-state index contributed by atoms with van der Waals surface area (Å²) < 4.78 is 11.1. The lowest BCUT2D eigenvalue weighted by atomic mass is 9.96. The lowest BCUT2D eigenvalue weighted by molar-refractivity contribution is 0.0306. The van der Waals surface area contributed by atoms with Gasteiger partial charge in [0, 0.05) is 19.6 Å². The topological polar surface area (TPSA) is 98.4 Å². The van der Waals surface area contributed by atoms with E-state index in [1.165, 1.54) is 0 Å². The first-order chi connectivity index (χ1) is 14.2. The van der Waals surface area contributed by atoms with E-state index in [9.17, 15) is 15.3 Å². The molecule has 8 heteroatoms. The van der Waals surface area contributed by atoms with Crippen molar-refractivity contribution in [2.45, 2.75) is 58.7 Å². The molecule has 0 atom stereocenters. The van der Waals surface area contributed by atoms with E-state index in [1.54, 1.807) is 6.07 Å². The molecule has 0 radical (unpaired) electrons. The Morgan fingerprint density at radius 1 is 1.27 bits per heavy atom. The van der Waals surface area contributed by atoms with Crippen LogP contribution in [0.25, 0.3) is 0 Å².